The molecule has 0 radical (unpaired) electrons. The first-order chi connectivity index (χ1) is 13.2. The van der Waals surface area contributed by atoms with Gasteiger partial charge in [0.05, 0.1) is 15.8 Å². The number of amides is 1. The maximum absolute atomic E-state index is 13.7. The van der Waals surface area contributed by atoms with E-state index in [0.717, 1.165) is 17.0 Å². The summed E-state index contributed by atoms with van der Waals surface area (Å²) in [4.78, 5) is 17.1. The second kappa shape index (κ2) is 7.63. The van der Waals surface area contributed by atoms with Crippen molar-refractivity contribution in [3.8, 4) is 16.9 Å². The summed E-state index contributed by atoms with van der Waals surface area (Å²) in [6.07, 6.45) is 1.13. The quantitative estimate of drug-likeness (QED) is 0.796. The molecular weight excluding hydrogens is 349 g/mol. The van der Waals surface area contributed by atoms with Crippen molar-refractivity contribution >= 4 is 6.09 Å². The minimum Gasteiger partial charge on any atom is -0.449 e. The van der Waals surface area contributed by atoms with Crippen molar-refractivity contribution in [2.45, 2.75) is 26.5 Å². The van der Waals surface area contributed by atoms with E-state index in [4.69, 9.17) is 7.48 Å². The highest BCUT2D eigenvalue weighted by atomic mass is 19.3. The van der Waals surface area contributed by atoms with Gasteiger partial charge in [-0.2, -0.15) is 8.78 Å². The summed E-state index contributed by atoms with van der Waals surface area (Å²) in [6.45, 7) is -3.39. The predicted octanol–water partition coefficient (Wildman–Crippen LogP) is 4.14. The van der Waals surface area contributed by atoms with Crippen LogP contribution in [-0.2, 0) is 11.2 Å². The summed E-state index contributed by atoms with van der Waals surface area (Å²) < 4.78 is 64.5. The second-order valence-electron chi connectivity index (χ2n) is 5.61. The molecule has 0 unspecified atom stereocenters. The number of aryl methyl sites for hydroxylation is 1. The number of aromatic nitrogens is 1. The fraction of sp³-hybridized carbons (Fsp3) is 0.333. The Morgan fingerprint density at radius 1 is 1.38 bits per heavy atom. The standard InChI is InChI=1S/C18H17F3N2O3/c1-11-14(10-23-5-2-6-25-18(23)24)7-13(9-22-11)12-3-4-15(19)16(8-12)26-17(20)21/h3-4,7-9,17H,2,5-6,10H2,1H3/i10D2. The summed E-state index contributed by atoms with van der Waals surface area (Å²) >= 11 is 0. The molecule has 1 aromatic heterocycles. The Labute approximate surface area is 151 Å². The molecule has 1 aliphatic rings. The Bertz CT molecular complexity index is 896. The van der Waals surface area contributed by atoms with Gasteiger partial charge in [-0.25, -0.2) is 9.18 Å². The highest BCUT2D eigenvalue weighted by Gasteiger charge is 2.21. The number of cyclic esters (lactones) is 1. The van der Waals surface area contributed by atoms with Crippen LogP contribution in [0, 0.1) is 12.7 Å². The fourth-order valence-electron chi connectivity index (χ4n) is 2.47. The lowest BCUT2D eigenvalue weighted by molar-refractivity contribution is -0.0521. The van der Waals surface area contributed by atoms with E-state index in [1.165, 1.54) is 18.3 Å². The number of nitrogens with zero attached hydrogens (tertiary/aromatic N) is 2. The van der Waals surface area contributed by atoms with Crippen molar-refractivity contribution in [1.29, 1.82) is 0 Å². The zero-order chi connectivity index (χ0) is 20.5. The van der Waals surface area contributed by atoms with Crippen LogP contribution in [0.3, 0.4) is 0 Å². The maximum Gasteiger partial charge on any atom is 0.410 e. The molecule has 0 spiro atoms. The van der Waals surface area contributed by atoms with Crippen LogP contribution in [0.1, 0.15) is 20.4 Å². The van der Waals surface area contributed by atoms with Crippen molar-refractivity contribution in [2.75, 3.05) is 13.2 Å². The molecule has 8 heteroatoms. The van der Waals surface area contributed by atoms with Crippen LogP contribution in [-0.4, -0.2) is 35.7 Å². The van der Waals surface area contributed by atoms with E-state index in [1.54, 1.807) is 6.92 Å². The average molecular weight is 368 g/mol. The van der Waals surface area contributed by atoms with E-state index >= 15 is 0 Å². The van der Waals surface area contributed by atoms with Crippen molar-refractivity contribution in [3.63, 3.8) is 0 Å². The van der Waals surface area contributed by atoms with E-state index in [-0.39, 0.29) is 18.7 Å². The van der Waals surface area contributed by atoms with Crippen molar-refractivity contribution in [3.05, 3.63) is 47.5 Å². The minimum absolute atomic E-state index is 0.115. The molecule has 3 rings (SSSR count). The van der Waals surface area contributed by atoms with Crippen LogP contribution in [0.5, 0.6) is 5.75 Å². The van der Waals surface area contributed by atoms with Gasteiger partial charge in [-0.1, -0.05) is 6.07 Å². The first-order valence-corrected chi connectivity index (χ1v) is 7.86. The van der Waals surface area contributed by atoms with Gasteiger partial charge in [-0.3, -0.25) is 4.98 Å². The maximum atomic E-state index is 13.7. The lowest BCUT2D eigenvalue weighted by Crippen LogP contribution is -2.37. The van der Waals surface area contributed by atoms with Gasteiger partial charge in [0.2, 0.25) is 0 Å². The van der Waals surface area contributed by atoms with Crippen molar-refractivity contribution < 1.29 is 30.2 Å². The molecule has 138 valence electrons. The van der Waals surface area contributed by atoms with Crippen molar-refractivity contribution in [2.24, 2.45) is 0 Å². The van der Waals surface area contributed by atoms with Gasteiger partial charge in [0.15, 0.2) is 11.6 Å². The van der Waals surface area contributed by atoms with Gasteiger partial charge < -0.3 is 14.4 Å². The first-order valence-electron chi connectivity index (χ1n) is 8.86. The highest BCUT2D eigenvalue weighted by Crippen LogP contribution is 2.28. The lowest BCUT2D eigenvalue weighted by Gasteiger charge is -2.26. The van der Waals surface area contributed by atoms with Gasteiger partial charge in [0, 0.05) is 24.0 Å². The number of rotatable bonds is 5. The number of carbonyl (C=O) groups is 1. The zero-order valence-electron chi connectivity index (χ0n) is 15.8. The fourth-order valence-corrected chi connectivity index (χ4v) is 2.47. The number of carbonyl (C=O) groups excluding carboxylic acids is 1. The number of ether oxygens (including phenoxy) is 2. The monoisotopic (exact) mass is 368 g/mol. The van der Waals surface area contributed by atoms with Crippen LogP contribution in [0.15, 0.2) is 30.5 Å². The molecule has 26 heavy (non-hydrogen) atoms. The Kier molecular flexibility index (Phi) is 4.55. The Morgan fingerprint density at radius 2 is 2.19 bits per heavy atom. The van der Waals surface area contributed by atoms with Crippen LogP contribution in [0.4, 0.5) is 18.0 Å². The van der Waals surface area contributed by atoms with Crippen LogP contribution < -0.4 is 4.74 Å². The van der Waals surface area contributed by atoms with Gasteiger partial charge in [-0.15, -0.1) is 0 Å². The summed E-state index contributed by atoms with van der Waals surface area (Å²) in [7, 11) is 0. The van der Waals surface area contributed by atoms with E-state index in [0.29, 0.717) is 23.2 Å². The lowest BCUT2D eigenvalue weighted by atomic mass is 10.0. The molecule has 0 bridgehead atoms. The van der Waals surface area contributed by atoms with Crippen LogP contribution in [0.2, 0.25) is 0 Å². The SMILES string of the molecule is [2H]C([2H])(c1cc(-c2ccc(F)c(OC(F)F)c2)cnc1C)N1CCCOC1=O. The number of halogens is 3. The predicted molar refractivity (Wildman–Crippen MR) is 87.4 cm³/mol. The van der Waals surface area contributed by atoms with Crippen LogP contribution in [0.25, 0.3) is 11.1 Å². The number of pyridine rings is 1. The Balaban J connectivity index is 2.01. The third kappa shape index (κ3) is 4.07. The van der Waals surface area contributed by atoms with Gasteiger partial charge in [0.1, 0.15) is 0 Å². The molecule has 1 fully saturated rings. The van der Waals surface area contributed by atoms with E-state index in [9.17, 15) is 18.0 Å². The van der Waals surface area contributed by atoms with Gasteiger partial charge >= 0.3 is 12.7 Å². The Hall–Kier alpha value is -2.77. The average Bonchev–Trinajstić information content (AvgIpc) is 2.63. The first kappa shape index (κ1) is 15.5. The Morgan fingerprint density at radius 3 is 2.92 bits per heavy atom. The van der Waals surface area contributed by atoms with E-state index in [2.05, 4.69) is 9.72 Å². The molecule has 1 aromatic carbocycles. The summed E-state index contributed by atoms with van der Waals surface area (Å²) in [6, 6.07) is 4.85. The normalized spacial score (nSPS) is 16.2. The molecule has 0 saturated carbocycles. The van der Waals surface area contributed by atoms with Gasteiger partial charge in [0.25, 0.3) is 0 Å². The highest BCUT2D eigenvalue weighted by molar-refractivity contribution is 5.69. The zero-order valence-corrected chi connectivity index (χ0v) is 13.8. The second-order valence-corrected chi connectivity index (χ2v) is 5.61. The molecule has 0 atom stereocenters. The topological polar surface area (TPSA) is 51.7 Å². The summed E-state index contributed by atoms with van der Waals surface area (Å²) in [5.74, 6) is -1.58. The third-order valence-electron chi connectivity index (χ3n) is 3.79. The largest absolute Gasteiger partial charge is 0.449 e. The minimum atomic E-state index is -3.18. The third-order valence-corrected chi connectivity index (χ3v) is 3.79. The molecule has 1 amide bonds. The molecule has 5 nitrogen and oxygen atoms in total. The molecule has 1 aliphatic heterocycles. The molecule has 0 aliphatic carbocycles. The van der Waals surface area contributed by atoms with E-state index < -0.39 is 30.8 Å². The van der Waals surface area contributed by atoms with Crippen LogP contribution >= 0.6 is 0 Å². The molecular formula is C18H17F3N2O3. The smallest absolute Gasteiger partial charge is 0.410 e. The van der Waals surface area contributed by atoms with E-state index in [1.807, 2.05) is 0 Å². The number of hydrogen-bond donors (Lipinski definition) is 0. The summed E-state index contributed by atoms with van der Waals surface area (Å²) in [5, 5.41) is 0. The molecule has 1 saturated heterocycles. The number of hydrogen-bond acceptors (Lipinski definition) is 4. The number of benzene rings is 1. The van der Waals surface area contributed by atoms with Crippen molar-refractivity contribution in [1.82, 2.24) is 9.88 Å². The van der Waals surface area contributed by atoms with Gasteiger partial charge in [-0.05, 0) is 42.7 Å². The molecule has 0 N–H and O–H groups in total. The summed E-state index contributed by atoms with van der Waals surface area (Å²) in [5.41, 5.74) is 1.12. The molecule has 2 aromatic rings. The number of alkyl halides is 2. The molecule has 2 heterocycles.